The highest BCUT2D eigenvalue weighted by Gasteiger charge is 2.30. The molecule has 0 saturated heterocycles. The van der Waals surface area contributed by atoms with Gasteiger partial charge in [0.1, 0.15) is 0 Å². The Balaban J connectivity index is 2.16. The predicted molar refractivity (Wildman–Crippen MR) is 71.3 cm³/mol. The Hall–Kier alpha value is -2.41. The van der Waals surface area contributed by atoms with Crippen LogP contribution in [0.1, 0.15) is 11.3 Å². The van der Waals surface area contributed by atoms with E-state index in [0.29, 0.717) is 22.7 Å². The summed E-state index contributed by atoms with van der Waals surface area (Å²) in [5.74, 6) is 0.466. The molecule has 7 heteroatoms. The van der Waals surface area contributed by atoms with Crippen LogP contribution in [0, 0.1) is 0 Å². The van der Waals surface area contributed by atoms with Gasteiger partial charge in [0.05, 0.1) is 17.0 Å². The molecule has 0 aliphatic heterocycles. The molecular weight excluding hydrogens is 281 g/mol. The summed E-state index contributed by atoms with van der Waals surface area (Å²) in [7, 11) is 0. The summed E-state index contributed by atoms with van der Waals surface area (Å²) in [4.78, 5) is 8.39. The lowest BCUT2D eigenvalue weighted by Gasteiger charge is -2.08. The highest BCUT2D eigenvalue weighted by Crippen LogP contribution is 2.31. The lowest BCUT2D eigenvalue weighted by atomic mass is 10.1. The van der Waals surface area contributed by atoms with Gasteiger partial charge < -0.3 is 5.73 Å². The molecule has 3 rings (SSSR count). The molecule has 0 radical (unpaired) electrons. The van der Waals surface area contributed by atoms with E-state index in [-0.39, 0.29) is 6.54 Å². The Kier molecular flexibility index (Phi) is 3.13. The van der Waals surface area contributed by atoms with Crippen LogP contribution in [-0.2, 0) is 12.7 Å². The second kappa shape index (κ2) is 4.85. The van der Waals surface area contributed by atoms with Crippen LogP contribution in [0.2, 0.25) is 0 Å². The molecule has 108 valence electrons. The molecule has 0 atom stereocenters. The van der Waals surface area contributed by atoms with Gasteiger partial charge in [-0.3, -0.25) is 4.40 Å². The zero-order valence-corrected chi connectivity index (χ0v) is 10.8. The fraction of sp³-hybridized carbons (Fsp3) is 0.143. The molecule has 0 saturated carbocycles. The lowest BCUT2D eigenvalue weighted by molar-refractivity contribution is -0.137. The zero-order valence-electron chi connectivity index (χ0n) is 10.8. The van der Waals surface area contributed by atoms with Crippen molar-refractivity contribution in [3.63, 3.8) is 0 Å². The van der Waals surface area contributed by atoms with Crippen molar-refractivity contribution in [2.75, 3.05) is 0 Å². The van der Waals surface area contributed by atoms with E-state index in [1.54, 1.807) is 22.9 Å². The minimum Gasteiger partial charge on any atom is -0.325 e. The molecule has 0 bridgehead atoms. The quantitative estimate of drug-likeness (QED) is 0.790. The first-order valence-electron chi connectivity index (χ1n) is 6.20. The third kappa shape index (κ3) is 2.36. The van der Waals surface area contributed by atoms with E-state index >= 15 is 0 Å². The summed E-state index contributed by atoms with van der Waals surface area (Å²) < 4.78 is 39.6. The fourth-order valence-electron chi connectivity index (χ4n) is 2.20. The third-order valence-corrected chi connectivity index (χ3v) is 3.15. The number of hydrogen-bond donors (Lipinski definition) is 1. The van der Waals surface area contributed by atoms with Crippen LogP contribution in [0.4, 0.5) is 13.2 Å². The van der Waals surface area contributed by atoms with Crippen molar-refractivity contribution in [3.8, 4) is 11.3 Å². The van der Waals surface area contributed by atoms with Crippen molar-refractivity contribution in [1.82, 2.24) is 14.4 Å². The number of halogens is 3. The molecule has 21 heavy (non-hydrogen) atoms. The van der Waals surface area contributed by atoms with Crippen LogP contribution in [0.15, 0.2) is 42.7 Å². The second-order valence-electron chi connectivity index (χ2n) is 4.48. The SMILES string of the molecule is NCc1nc2ncccn2c1-c1ccc(C(F)(F)F)cc1. The minimum atomic E-state index is -4.35. The highest BCUT2D eigenvalue weighted by molar-refractivity contribution is 5.66. The summed E-state index contributed by atoms with van der Waals surface area (Å²) >= 11 is 0. The van der Waals surface area contributed by atoms with Crippen LogP contribution in [0.3, 0.4) is 0 Å². The number of nitrogens with two attached hydrogens (primary N) is 1. The van der Waals surface area contributed by atoms with Gasteiger partial charge in [-0.2, -0.15) is 13.2 Å². The number of fused-ring (bicyclic) bond motifs is 1. The number of benzene rings is 1. The maximum atomic E-state index is 12.6. The number of rotatable bonds is 2. The molecule has 2 aromatic heterocycles. The van der Waals surface area contributed by atoms with Crippen molar-refractivity contribution in [2.24, 2.45) is 5.73 Å². The Morgan fingerprint density at radius 1 is 1.14 bits per heavy atom. The topological polar surface area (TPSA) is 56.2 Å². The predicted octanol–water partition coefficient (Wildman–Crippen LogP) is 2.87. The zero-order chi connectivity index (χ0) is 15.0. The summed E-state index contributed by atoms with van der Waals surface area (Å²) in [6, 6.07) is 6.65. The van der Waals surface area contributed by atoms with Crippen molar-refractivity contribution < 1.29 is 13.2 Å². The van der Waals surface area contributed by atoms with Gasteiger partial charge in [0.25, 0.3) is 0 Å². The maximum Gasteiger partial charge on any atom is 0.416 e. The maximum absolute atomic E-state index is 12.6. The molecule has 0 spiro atoms. The first-order valence-corrected chi connectivity index (χ1v) is 6.20. The third-order valence-electron chi connectivity index (χ3n) is 3.15. The minimum absolute atomic E-state index is 0.180. The number of nitrogens with zero attached hydrogens (tertiary/aromatic N) is 3. The van der Waals surface area contributed by atoms with Gasteiger partial charge in [-0.1, -0.05) is 12.1 Å². The van der Waals surface area contributed by atoms with Gasteiger partial charge in [0, 0.05) is 24.5 Å². The van der Waals surface area contributed by atoms with E-state index in [2.05, 4.69) is 9.97 Å². The fourth-order valence-corrected chi connectivity index (χ4v) is 2.20. The first kappa shape index (κ1) is 13.6. The molecule has 0 aliphatic carbocycles. The Bertz CT molecular complexity index is 775. The number of aromatic nitrogens is 3. The summed E-state index contributed by atoms with van der Waals surface area (Å²) in [6.07, 6.45) is -1.00. The molecule has 3 aromatic rings. The highest BCUT2D eigenvalue weighted by atomic mass is 19.4. The van der Waals surface area contributed by atoms with Crippen LogP contribution in [0.5, 0.6) is 0 Å². The normalized spacial score (nSPS) is 12.0. The van der Waals surface area contributed by atoms with Gasteiger partial charge in [-0.05, 0) is 18.2 Å². The van der Waals surface area contributed by atoms with Crippen molar-refractivity contribution >= 4 is 5.78 Å². The Labute approximate surface area is 118 Å². The van der Waals surface area contributed by atoms with E-state index in [1.165, 1.54) is 12.1 Å². The average molecular weight is 292 g/mol. The van der Waals surface area contributed by atoms with Crippen molar-refractivity contribution in [1.29, 1.82) is 0 Å². The van der Waals surface area contributed by atoms with E-state index < -0.39 is 11.7 Å². The summed E-state index contributed by atoms with van der Waals surface area (Å²) in [5, 5.41) is 0. The smallest absolute Gasteiger partial charge is 0.325 e. The molecule has 2 heterocycles. The largest absolute Gasteiger partial charge is 0.416 e. The monoisotopic (exact) mass is 292 g/mol. The number of hydrogen-bond acceptors (Lipinski definition) is 3. The van der Waals surface area contributed by atoms with E-state index in [9.17, 15) is 13.2 Å². The van der Waals surface area contributed by atoms with Gasteiger partial charge in [-0.15, -0.1) is 0 Å². The van der Waals surface area contributed by atoms with Crippen LogP contribution >= 0.6 is 0 Å². The van der Waals surface area contributed by atoms with E-state index in [4.69, 9.17) is 5.73 Å². The molecule has 0 aliphatic rings. The van der Waals surface area contributed by atoms with Gasteiger partial charge >= 0.3 is 6.18 Å². The molecular formula is C14H11F3N4. The molecule has 2 N–H and O–H groups in total. The Morgan fingerprint density at radius 3 is 2.48 bits per heavy atom. The van der Waals surface area contributed by atoms with Gasteiger partial charge in [-0.25, -0.2) is 9.97 Å². The molecule has 0 fully saturated rings. The molecule has 1 aromatic carbocycles. The van der Waals surface area contributed by atoms with E-state index in [0.717, 1.165) is 12.1 Å². The van der Waals surface area contributed by atoms with Crippen LogP contribution < -0.4 is 5.73 Å². The van der Waals surface area contributed by atoms with E-state index in [1.807, 2.05) is 0 Å². The second-order valence-corrected chi connectivity index (χ2v) is 4.48. The van der Waals surface area contributed by atoms with Gasteiger partial charge in [0.15, 0.2) is 0 Å². The Morgan fingerprint density at radius 2 is 1.86 bits per heavy atom. The summed E-state index contributed by atoms with van der Waals surface area (Å²) in [5.41, 5.74) is 6.85. The van der Waals surface area contributed by atoms with Crippen LogP contribution in [-0.4, -0.2) is 14.4 Å². The number of imidazole rings is 1. The van der Waals surface area contributed by atoms with Crippen molar-refractivity contribution in [3.05, 3.63) is 54.0 Å². The molecule has 4 nitrogen and oxygen atoms in total. The first-order chi connectivity index (χ1) is 10.0. The van der Waals surface area contributed by atoms with Crippen LogP contribution in [0.25, 0.3) is 17.0 Å². The lowest BCUT2D eigenvalue weighted by Crippen LogP contribution is -2.04. The van der Waals surface area contributed by atoms with Gasteiger partial charge in [0.2, 0.25) is 5.78 Å². The summed E-state index contributed by atoms with van der Waals surface area (Å²) in [6.45, 7) is 0.180. The molecule has 0 amide bonds. The van der Waals surface area contributed by atoms with Crippen molar-refractivity contribution in [2.45, 2.75) is 12.7 Å². The average Bonchev–Trinajstić information content (AvgIpc) is 2.85. The standard InChI is InChI=1S/C14H11F3N4/c15-14(16,17)10-4-2-9(3-5-10)12-11(8-18)20-13-19-6-1-7-21(12)13/h1-7H,8,18H2. The number of alkyl halides is 3. The molecule has 0 unspecified atom stereocenters.